The SMILES string of the molecule is Oc1ccc(Nc2c[nH]c3nncc(-c4ncccc4O)c23)cc1. The minimum Gasteiger partial charge on any atom is -0.508 e. The molecule has 24 heavy (non-hydrogen) atoms. The molecular weight excluding hydrogens is 306 g/mol. The van der Waals surface area contributed by atoms with Gasteiger partial charge in [0.25, 0.3) is 0 Å². The standard InChI is InChI=1S/C17H13N5O2/c23-11-5-3-10(4-6-11)21-13-9-19-17-15(13)12(8-20-22-17)16-14(24)2-1-7-18-16/h1-9,21,23-24H,(H,19,22). The molecule has 0 amide bonds. The van der Waals surface area contributed by atoms with E-state index in [0.29, 0.717) is 16.9 Å². The number of benzene rings is 1. The van der Waals surface area contributed by atoms with Gasteiger partial charge in [-0.2, -0.15) is 5.10 Å². The van der Waals surface area contributed by atoms with Crippen LogP contribution < -0.4 is 5.32 Å². The molecule has 0 aliphatic carbocycles. The number of anilines is 2. The highest BCUT2D eigenvalue weighted by Crippen LogP contribution is 2.36. The van der Waals surface area contributed by atoms with Crippen molar-refractivity contribution in [1.29, 1.82) is 0 Å². The van der Waals surface area contributed by atoms with Crippen LogP contribution in [0.25, 0.3) is 22.3 Å². The number of phenols is 1. The van der Waals surface area contributed by atoms with Crippen molar-refractivity contribution in [3.63, 3.8) is 0 Å². The first-order chi connectivity index (χ1) is 11.7. The van der Waals surface area contributed by atoms with Crippen LogP contribution in [0.2, 0.25) is 0 Å². The van der Waals surface area contributed by atoms with Crippen LogP contribution in [0.3, 0.4) is 0 Å². The number of phenolic OH excluding ortho intramolecular Hbond substituents is 1. The number of rotatable bonds is 3. The molecule has 0 atom stereocenters. The monoisotopic (exact) mass is 319 g/mol. The van der Waals surface area contributed by atoms with Gasteiger partial charge in [0, 0.05) is 23.6 Å². The Morgan fingerprint density at radius 3 is 2.67 bits per heavy atom. The second-order valence-corrected chi connectivity index (χ2v) is 5.23. The zero-order valence-electron chi connectivity index (χ0n) is 12.4. The normalized spacial score (nSPS) is 10.8. The van der Waals surface area contributed by atoms with Gasteiger partial charge in [0.2, 0.25) is 0 Å². The van der Waals surface area contributed by atoms with Gasteiger partial charge in [-0.3, -0.25) is 4.98 Å². The third-order valence-corrected chi connectivity index (χ3v) is 3.66. The van der Waals surface area contributed by atoms with Gasteiger partial charge in [-0.25, -0.2) is 0 Å². The molecule has 0 unspecified atom stereocenters. The summed E-state index contributed by atoms with van der Waals surface area (Å²) in [5, 5.41) is 31.6. The number of H-pyrrole nitrogens is 1. The van der Waals surface area contributed by atoms with Gasteiger partial charge in [-0.05, 0) is 36.4 Å². The average Bonchev–Trinajstić information content (AvgIpc) is 3.01. The zero-order chi connectivity index (χ0) is 16.5. The first-order valence-corrected chi connectivity index (χ1v) is 7.25. The average molecular weight is 319 g/mol. The lowest BCUT2D eigenvalue weighted by molar-refractivity contribution is 0.474. The smallest absolute Gasteiger partial charge is 0.162 e. The highest BCUT2D eigenvalue weighted by atomic mass is 16.3. The topological polar surface area (TPSA) is 107 Å². The van der Waals surface area contributed by atoms with Crippen molar-refractivity contribution in [3.8, 4) is 22.8 Å². The molecule has 118 valence electrons. The highest BCUT2D eigenvalue weighted by Gasteiger charge is 2.15. The summed E-state index contributed by atoms with van der Waals surface area (Å²) in [6, 6.07) is 9.97. The van der Waals surface area contributed by atoms with Gasteiger partial charge in [0.1, 0.15) is 17.2 Å². The summed E-state index contributed by atoms with van der Waals surface area (Å²) in [5.74, 6) is 0.271. The van der Waals surface area contributed by atoms with E-state index in [0.717, 1.165) is 16.8 Å². The first kappa shape index (κ1) is 14.0. The predicted octanol–water partition coefficient (Wildman–Crippen LogP) is 3.17. The summed E-state index contributed by atoms with van der Waals surface area (Å²) < 4.78 is 0. The van der Waals surface area contributed by atoms with E-state index in [1.54, 1.807) is 55.0 Å². The second-order valence-electron chi connectivity index (χ2n) is 5.23. The van der Waals surface area contributed by atoms with Crippen molar-refractivity contribution in [1.82, 2.24) is 20.2 Å². The largest absolute Gasteiger partial charge is 0.508 e. The first-order valence-electron chi connectivity index (χ1n) is 7.25. The molecule has 4 N–H and O–H groups in total. The fraction of sp³-hybridized carbons (Fsp3) is 0. The second kappa shape index (κ2) is 5.54. The van der Waals surface area contributed by atoms with E-state index in [2.05, 4.69) is 25.5 Å². The van der Waals surface area contributed by atoms with E-state index in [1.807, 2.05) is 0 Å². The van der Waals surface area contributed by atoms with Gasteiger partial charge >= 0.3 is 0 Å². The molecule has 4 aromatic rings. The molecule has 0 radical (unpaired) electrons. The molecule has 1 aromatic carbocycles. The van der Waals surface area contributed by atoms with E-state index in [1.165, 1.54) is 0 Å². The maximum Gasteiger partial charge on any atom is 0.162 e. The lowest BCUT2D eigenvalue weighted by Gasteiger charge is -2.08. The van der Waals surface area contributed by atoms with Crippen LogP contribution in [-0.2, 0) is 0 Å². The molecule has 7 heteroatoms. The molecule has 3 aromatic heterocycles. The number of aromatic hydroxyl groups is 2. The number of aromatic amines is 1. The fourth-order valence-electron chi connectivity index (χ4n) is 2.56. The maximum atomic E-state index is 10.1. The van der Waals surface area contributed by atoms with Crippen molar-refractivity contribution in [3.05, 3.63) is 55.0 Å². The van der Waals surface area contributed by atoms with Crippen LogP contribution in [0.4, 0.5) is 11.4 Å². The van der Waals surface area contributed by atoms with E-state index in [-0.39, 0.29) is 11.5 Å². The summed E-state index contributed by atoms with van der Waals surface area (Å²) in [6.07, 6.45) is 4.96. The number of hydrogen-bond donors (Lipinski definition) is 4. The number of hydrogen-bond acceptors (Lipinski definition) is 6. The third-order valence-electron chi connectivity index (χ3n) is 3.66. The molecule has 0 spiro atoms. The summed E-state index contributed by atoms with van der Waals surface area (Å²) in [5.41, 5.74) is 3.26. The van der Waals surface area contributed by atoms with Gasteiger partial charge in [0.15, 0.2) is 5.65 Å². The molecule has 0 aliphatic rings. The Labute approximate surface area is 136 Å². The van der Waals surface area contributed by atoms with Crippen molar-refractivity contribution in [2.75, 3.05) is 5.32 Å². The van der Waals surface area contributed by atoms with E-state index in [9.17, 15) is 10.2 Å². The van der Waals surface area contributed by atoms with Crippen LogP contribution in [0, 0.1) is 0 Å². The molecule has 0 saturated heterocycles. The Bertz CT molecular complexity index is 1010. The molecule has 3 heterocycles. The van der Waals surface area contributed by atoms with Crippen molar-refractivity contribution < 1.29 is 10.2 Å². The lowest BCUT2D eigenvalue weighted by Crippen LogP contribution is -1.93. The molecule has 0 bridgehead atoms. The van der Waals surface area contributed by atoms with Crippen LogP contribution in [0.1, 0.15) is 0 Å². The summed E-state index contributed by atoms with van der Waals surface area (Å²) in [4.78, 5) is 7.30. The Morgan fingerprint density at radius 2 is 1.88 bits per heavy atom. The summed E-state index contributed by atoms with van der Waals surface area (Å²) in [7, 11) is 0. The van der Waals surface area contributed by atoms with Crippen LogP contribution >= 0.6 is 0 Å². The van der Waals surface area contributed by atoms with Crippen molar-refractivity contribution in [2.45, 2.75) is 0 Å². The van der Waals surface area contributed by atoms with Gasteiger partial charge in [-0.15, -0.1) is 5.10 Å². The number of aromatic nitrogens is 4. The van der Waals surface area contributed by atoms with Crippen molar-refractivity contribution >= 4 is 22.4 Å². The van der Waals surface area contributed by atoms with Crippen LogP contribution in [0.5, 0.6) is 11.5 Å². The van der Waals surface area contributed by atoms with Gasteiger partial charge in [0.05, 0.1) is 17.3 Å². The Balaban J connectivity index is 1.86. The number of pyridine rings is 1. The van der Waals surface area contributed by atoms with Gasteiger partial charge in [-0.1, -0.05) is 0 Å². The molecule has 0 fully saturated rings. The molecule has 7 nitrogen and oxygen atoms in total. The minimum absolute atomic E-state index is 0.0728. The van der Waals surface area contributed by atoms with E-state index in [4.69, 9.17) is 0 Å². The Hall–Kier alpha value is -3.61. The van der Waals surface area contributed by atoms with Crippen LogP contribution in [0.15, 0.2) is 55.0 Å². The highest BCUT2D eigenvalue weighted by molar-refractivity contribution is 6.02. The molecule has 4 rings (SSSR count). The Kier molecular flexibility index (Phi) is 3.24. The minimum atomic E-state index is 0.0728. The third kappa shape index (κ3) is 2.38. The zero-order valence-corrected chi connectivity index (χ0v) is 12.4. The van der Waals surface area contributed by atoms with E-state index < -0.39 is 0 Å². The lowest BCUT2D eigenvalue weighted by atomic mass is 10.1. The summed E-state index contributed by atoms with van der Waals surface area (Å²) in [6.45, 7) is 0. The maximum absolute atomic E-state index is 10.1. The van der Waals surface area contributed by atoms with E-state index >= 15 is 0 Å². The van der Waals surface area contributed by atoms with Gasteiger partial charge < -0.3 is 20.5 Å². The fourth-order valence-corrected chi connectivity index (χ4v) is 2.56. The molecular formula is C17H13N5O2. The Morgan fingerprint density at radius 1 is 1.04 bits per heavy atom. The van der Waals surface area contributed by atoms with Crippen LogP contribution in [-0.4, -0.2) is 30.4 Å². The number of nitrogens with one attached hydrogen (secondary N) is 2. The summed E-state index contributed by atoms with van der Waals surface area (Å²) >= 11 is 0. The molecule has 0 saturated carbocycles. The predicted molar refractivity (Wildman–Crippen MR) is 90.2 cm³/mol. The quantitative estimate of drug-likeness (QED) is 0.432. The molecule has 0 aliphatic heterocycles. The van der Waals surface area contributed by atoms with Crippen molar-refractivity contribution in [2.24, 2.45) is 0 Å². The number of fused-ring (bicyclic) bond motifs is 1. The number of nitrogens with zero attached hydrogens (tertiary/aromatic N) is 3.